The van der Waals surface area contributed by atoms with E-state index in [2.05, 4.69) is 31.9 Å². The van der Waals surface area contributed by atoms with Crippen LogP contribution in [0.4, 0.5) is 4.79 Å². The second kappa shape index (κ2) is 8.41. The fraction of sp³-hybridized carbons (Fsp3) is 0.158. The molecule has 134 valence electrons. The molecular weight excluding hydrogens is 482 g/mol. The molecule has 1 fully saturated rings. The Labute approximate surface area is 172 Å². The molecule has 2 amide bonds. The third-order valence-corrected chi connectivity index (χ3v) is 5.88. The minimum atomic E-state index is -0.316. The summed E-state index contributed by atoms with van der Waals surface area (Å²) in [7, 11) is 0. The topological polar surface area (TPSA) is 57.6 Å². The van der Waals surface area contributed by atoms with E-state index in [1.54, 1.807) is 18.2 Å². The minimum absolute atomic E-state index is 0.0316. The highest BCUT2D eigenvalue weighted by Gasteiger charge is 2.34. The van der Waals surface area contributed by atoms with E-state index < -0.39 is 0 Å². The number of benzene rings is 2. The largest absolute Gasteiger partial charge is 0.506 e. The zero-order valence-corrected chi connectivity index (χ0v) is 17.6. The van der Waals surface area contributed by atoms with Crippen molar-refractivity contribution >= 4 is 60.8 Å². The standard InChI is InChI=1S/C19H15Br2NO3S/c20-14-9-13(17(23)15(21)11-14)10-16-18(24)22(19(25)26-16)8-4-7-12-5-2-1-3-6-12/h1-3,5-6,9-11,23H,4,7-8H2/b16-10+. The van der Waals surface area contributed by atoms with Crippen molar-refractivity contribution in [3.05, 3.63) is 67.4 Å². The quantitative estimate of drug-likeness (QED) is 0.548. The van der Waals surface area contributed by atoms with E-state index in [0.717, 1.165) is 22.7 Å². The predicted molar refractivity (Wildman–Crippen MR) is 111 cm³/mol. The molecule has 1 N–H and O–H groups in total. The molecule has 0 saturated carbocycles. The Bertz CT molecular complexity index is 884. The van der Waals surface area contributed by atoms with Gasteiger partial charge in [-0.25, -0.2) is 0 Å². The van der Waals surface area contributed by atoms with Crippen molar-refractivity contribution in [2.75, 3.05) is 6.54 Å². The van der Waals surface area contributed by atoms with Gasteiger partial charge in [0.2, 0.25) is 0 Å². The molecule has 0 radical (unpaired) electrons. The van der Waals surface area contributed by atoms with Gasteiger partial charge in [0, 0.05) is 16.6 Å². The number of aromatic hydroxyl groups is 1. The molecule has 4 nitrogen and oxygen atoms in total. The fourth-order valence-electron chi connectivity index (χ4n) is 2.62. The second-order valence-corrected chi connectivity index (χ2v) is 8.51. The van der Waals surface area contributed by atoms with Crippen LogP contribution >= 0.6 is 43.6 Å². The highest BCUT2D eigenvalue weighted by atomic mass is 79.9. The number of hydrogen-bond donors (Lipinski definition) is 1. The molecule has 2 aromatic carbocycles. The summed E-state index contributed by atoms with van der Waals surface area (Å²) in [5, 5.41) is 9.86. The average molecular weight is 497 g/mol. The van der Waals surface area contributed by atoms with Gasteiger partial charge in [-0.05, 0) is 64.3 Å². The lowest BCUT2D eigenvalue weighted by Crippen LogP contribution is -2.29. The lowest BCUT2D eigenvalue weighted by atomic mass is 10.1. The molecule has 0 aromatic heterocycles. The van der Waals surface area contributed by atoms with Crippen LogP contribution in [0.5, 0.6) is 5.75 Å². The van der Waals surface area contributed by atoms with Crippen LogP contribution in [-0.2, 0) is 11.2 Å². The molecule has 1 aliphatic rings. The molecular formula is C19H15Br2NO3S. The van der Waals surface area contributed by atoms with E-state index in [-0.39, 0.29) is 16.9 Å². The third-order valence-electron chi connectivity index (χ3n) is 3.91. The number of carbonyl (C=O) groups is 2. The Morgan fingerprint density at radius 1 is 1.12 bits per heavy atom. The summed E-state index contributed by atoms with van der Waals surface area (Å²) < 4.78 is 1.27. The Morgan fingerprint density at radius 3 is 2.58 bits per heavy atom. The monoisotopic (exact) mass is 495 g/mol. The molecule has 3 rings (SSSR count). The highest BCUT2D eigenvalue weighted by molar-refractivity contribution is 9.11. The minimum Gasteiger partial charge on any atom is -0.506 e. The summed E-state index contributed by atoms with van der Waals surface area (Å²) in [4.78, 5) is 26.3. The van der Waals surface area contributed by atoms with Gasteiger partial charge in [0.05, 0.1) is 9.38 Å². The third kappa shape index (κ3) is 4.39. The van der Waals surface area contributed by atoms with Crippen molar-refractivity contribution < 1.29 is 14.7 Å². The number of carbonyl (C=O) groups excluding carboxylic acids is 2. The summed E-state index contributed by atoms with van der Waals surface area (Å²) in [6.45, 7) is 0.380. The fourth-order valence-corrected chi connectivity index (χ4v) is 4.73. The van der Waals surface area contributed by atoms with Gasteiger partial charge in [0.25, 0.3) is 11.1 Å². The number of rotatable bonds is 5. The molecule has 0 aliphatic carbocycles. The van der Waals surface area contributed by atoms with Crippen LogP contribution in [0.3, 0.4) is 0 Å². The molecule has 1 aliphatic heterocycles. The van der Waals surface area contributed by atoms with Crippen LogP contribution in [0.1, 0.15) is 17.5 Å². The first kappa shape index (κ1) is 19.2. The molecule has 1 heterocycles. The highest BCUT2D eigenvalue weighted by Crippen LogP contribution is 2.37. The molecule has 1 saturated heterocycles. The van der Waals surface area contributed by atoms with Crippen molar-refractivity contribution in [1.29, 1.82) is 0 Å². The zero-order chi connectivity index (χ0) is 18.7. The summed E-state index contributed by atoms with van der Waals surface area (Å²) in [5.74, 6) is -0.285. The molecule has 2 aromatic rings. The molecule has 0 unspecified atom stereocenters. The van der Waals surface area contributed by atoms with E-state index in [9.17, 15) is 14.7 Å². The smallest absolute Gasteiger partial charge is 0.293 e. The van der Waals surface area contributed by atoms with Crippen molar-refractivity contribution in [2.24, 2.45) is 0 Å². The van der Waals surface area contributed by atoms with Crippen LogP contribution in [0.25, 0.3) is 6.08 Å². The van der Waals surface area contributed by atoms with Crippen LogP contribution < -0.4 is 0 Å². The van der Waals surface area contributed by atoms with Gasteiger partial charge in [-0.1, -0.05) is 46.3 Å². The van der Waals surface area contributed by atoms with Gasteiger partial charge in [-0.2, -0.15) is 0 Å². The average Bonchev–Trinajstić information content (AvgIpc) is 2.87. The normalized spacial score (nSPS) is 15.9. The number of aryl methyl sites for hydroxylation is 1. The summed E-state index contributed by atoms with van der Waals surface area (Å²) in [5.41, 5.74) is 1.65. The van der Waals surface area contributed by atoms with Gasteiger partial charge in [-0.3, -0.25) is 14.5 Å². The lowest BCUT2D eigenvalue weighted by molar-refractivity contribution is -0.122. The number of hydrogen-bond acceptors (Lipinski definition) is 4. The van der Waals surface area contributed by atoms with Crippen LogP contribution in [0.2, 0.25) is 0 Å². The Hall–Kier alpha value is -1.57. The van der Waals surface area contributed by atoms with Gasteiger partial charge in [0.15, 0.2) is 0 Å². The van der Waals surface area contributed by atoms with E-state index in [1.807, 2.05) is 30.3 Å². The number of halogens is 2. The van der Waals surface area contributed by atoms with Crippen molar-refractivity contribution in [1.82, 2.24) is 4.90 Å². The number of nitrogens with zero attached hydrogens (tertiary/aromatic N) is 1. The molecule has 0 bridgehead atoms. The number of phenols is 1. The first-order chi connectivity index (χ1) is 12.5. The van der Waals surface area contributed by atoms with Gasteiger partial charge in [0.1, 0.15) is 5.75 Å². The SMILES string of the molecule is O=C1S/C(=C/c2cc(Br)cc(Br)c2O)C(=O)N1CCCc1ccccc1. The maximum atomic E-state index is 12.6. The Morgan fingerprint density at radius 2 is 1.85 bits per heavy atom. The molecule has 0 spiro atoms. The number of thioether (sulfide) groups is 1. The van der Waals surface area contributed by atoms with Crippen LogP contribution in [0, 0.1) is 0 Å². The predicted octanol–water partition coefficient (Wildman–Crippen LogP) is 5.59. The Kier molecular flexibility index (Phi) is 6.21. The van der Waals surface area contributed by atoms with E-state index >= 15 is 0 Å². The maximum Gasteiger partial charge on any atom is 0.293 e. The van der Waals surface area contributed by atoms with Gasteiger partial charge >= 0.3 is 0 Å². The van der Waals surface area contributed by atoms with E-state index in [1.165, 1.54) is 10.5 Å². The van der Waals surface area contributed by atoms with Gasteiger partial charge in [-0.15, -0.1) is 0 Å². The van der Waals surface area contributed by atoms with Crippen molar-refractivity contribution in [3.8, 4) is 5.75 Å². The number of phenolic OH excluding ortho intramolecular Hbond substituents is 1. The lowest BCUT2D eigenvalue weighted by Gasteiger charge is -2.12. The van der Waals surface area contributed by atoms with Crippen LogP contribution in [-0.4, -0.2) is 27.7 Å². The second-order valence-electron chi connectivity index (χ2n) is 5.75. The van der Waals surface area contributed by atoms with E-state index in [4.69, 9.17) is 0 Å². The molecule has 7 heteroatoms. The zero-order valence-electron chi connectivity index (χ0n) is 13.6. The summed E-state index contributed by atoms with van der Waals surface area (Å²) >= 11 is 7.52. The summed E-state index contributed by atoms with van der Waals surface area (Å²) in [6.07, 6.45) is 3.07. The summed E-state index contributed by atoms with van der Waals surface area (Å²) in [6, 6.07) is 13.4. The first-order valence-corrected chi connectivity index (χ1v) is 10.3. The first-order valence-electron chi connectivity index (χ1n) is 7.93. The van der Waals surface area contributed by atoms with Crippen molar-refractivity contribution in [2.45, 2.75) is 12.8 Å². The van der Waals surface area contributed by atoms with Crippen LogP contribution in [0.15, 0.2) is 56.3 Å². The maximum absolute atomic E-state index is 12.6. The number of amides is 2. The number of imide groups is 1. The van der Waals surface area contributed by atoms with E-state index in [0.29, 0.717) is 27.9 Å². The van der Waals surface area contributed by atoms with Gasteiger partial charge < -0.3 is 5.11 Å². The molecule has 0 atom stereocenters. The molecule has 26 heavy (non-hydrogen) atoms. The van der Waals surface area contributed by atoms with Crippen molar-refractivity contribution in [3.63, 3.8) is 0 Å². The Balaban J connectivity index is 1.70.